The maximum atomic E-state index is 13.0. The van der Waals surface area contributed by atoms with E-state index in [-0.39, 0.29) is 17.3 Å². The molecule has 0 N–H and O–H groups in total. The third kappa shape index (κ3) is 3.60. The first kappa shape index (κ1) is 18.8. The molecule has 0 aliphatic carbocycles. The van der Waals surface area contributed by atoms with Crippen LogP contribution in [-0.2, 0) is 21.2 Å². The molecule has 0 aromatic heterocycles. The number of hydrogen-bond donors (Lipinski definition) is 0. The standard InChI is InChI=1S/C18H18ClFN2O3S/c1-21(26(24,25)15-9-7-14(20)8-10-15)12-17(23)22-11-3-5-13-4-2-6-16(19)18(13)22/h2,4,6-10H,3,5,11-12H2,1H3. The maximum Gasteiger partial charge on any atom is 0.243 e. The molecule has 0 saturated heterocycles. The number of para-hydroxylation sites is 1. The van der Waals surface area contributed by atoms with E-state index in [1.165, 1.54) is 24.1 Å². The number of carbonyl (C=O) groups is 1. The molecule has 0 saturated carbocycles. The summed E-state index contributed by atoms with van der Waals surface area (Å²) < 4.78 is 39.2. The summed E-state index contributed by atoms with van der Waals surface area (Å²) in [6, 6.07) is 9.97. The van der Waals surface area contributed by atoms with E-state index in [2.05, 4.69) is 0 Å². The number of amides is 1. The van der Waals surface area contributed by atoms with Crippen LogP contribution in [0.25, 0.3) is 0 Å². The van der Waals surface area contributed by atoms with Crippen molar-refractivity contribution < 1.29 is 17.6 Å². The summed E-state index contributed by atoms with van der Waals surface area (Å²) in [6.45, 7) is 0.157. The fraction of sp³-hybridized carbons (Fsp3) is 0.278. The van der Waals surface area contributed by atoms with Gasteiger partial charge in [-0.05, 0) is 48.7 Å². The maximum absolute atomic E-state index is 13.0. The Bertz CT molecular complexity index is 932. The molecule has 26 heavy (non-hydrogen) atoms. The molecule has 5 nitrogen and oxygen atoms in total. The number of rotatable bonds is 4. The molecule has 2 aromatic rings. The van der Waals surface area contributed by atoms with Crippen LogP contribution in [0.1, 0.15) is 12.0 Å². The Morgan fingerprint density at radius 2 is 1.92 bits per heavy atom. The molecule has 0 fully saturated rings. The molecule has 138 valence electrons. The van der Waals surface area contributed by atoms with Crippen molar-refractivity contribution >= 4 is 33.2 Å². The molecular weight excluding hydrogens is 379 g/mol. The van der Waals surface area contributed by atoms with Crippen molar-refractivity contribution in [3.63, 3.8) is 0 Å². The molecule has 0 bridgehead atoms. The first-order valence-electron chi connectivity index (χ1n) is 8.10. The van der Waals surface area contributed by atoms with Gasteiger partial charge >= 0.3 is 0 Å². The van der Waals surface area contributed by atoms with Crippen LogP contribution >= 0.6 is 11.6 Å². The number of hydrogen-bond acceptors (Lipinski definition) is 3. The van der Waals surface area contributed by atoms with Gasteiger partial charge in [-0.1, -0.05) is 23.7 Å². The second-order valence-corrected chi connectivity index (χ2v) is 8.56. The number of likely N-dealkylation sites (N-methyl/N-ethyl adjacent to an activating group) is 1. The summed E-state index contributed by atoms with van der Waals surface area (Å²) in [5.74, 6) is -0.880. The minimum Gasteiger partial charge on any atom is -0.310 e. The highest BCUT2D eigenvalue weighted by molar-refractivity contribution is 7.89. The van der Waals surface area contributed by atoms with Gasteiger partial charge in [-0.25, -0.2) is 12.8 Å². The summed E-state index contributed by atoms with van der Waals surface area (Å²) in [5, 5.41) is 0.472. The Kier molecular flexibility index (Phi) is 5.32. The highest BCUT2D eigenvalue weighted by Crippen LogP contribution is 2.34. The lowest BCUT2D eigenvalue weighted by atomic mass is 10.0. The van der Waals surface area contributed by atoms with Crippen molar-refractivity contribution in [3.05, 3.63) is 58.9 Å². The molecule has 2 aromatic carbocycles. The van der Waals surface area contributed by atoms with Gasteiger partial charge in [0.15, 0.2) is 0 Å². The van der Waals surface area contributed by atoms with E-state index in [1.807, 2.05) is 12.1 Å². The Hall–Kier alpha value is -1.96. The van der Waals surface area contributed by atoms with E-state index in [4.69, 9.17) is 11.6 Å². The molecule has 1 aliphatic rings. The normalized spacial score (nSPS) is 14.4. The van der Waals surface area contributed by atoms with Gasteiger partial charge in [-0.15, -0.1) is 0 Å². The zero-order valence-corrected chi connectivity index (χ0v) is 15.7. The molecule has 0 spiro atoms. The number of aryl methyl sites for hydroxylation is 1. The third-order valence-electron chi connectivity index (χ3n) is 4.35. The molecule has 1 heterocycles. The van der Waals surface area contributed by atoms with Gasteiger partial charge in [0.25, 0.3) is 0 Å². The largest absolute Gasteiger partial charge is 0.310 e. The van der Waals surface area contributed by atoms with Gasteiger partial charge < -0.3 is 4.90 Å². The SMILES string of the molecule is CN(CC(=O)N1CCCc2cccc(Cl)c21)S(=O)(=O)c1ccc(F)cc1. The van der Waals surface area contributed by atoms with Crippen LogP contribution < -0.4 is 4.90 Å². The number of sulfonamides is 1. The van der Waals surface area contributed by atoms with Gasteiger partial charge in [0.2, 0.25) is 15.9 Å². The summed E-state index contributed by atoms with van der Waals surface area (Å²) in [4.78, 5) is 14.2. The van der Waals surface area contributed by atoms with Crippen LogP contribution in [0, 0.1) is 5.82 Å². The van der Waals surface area contributed by atoms with E-state index in [0.717, 1.165) is 34.8 Å². The Morgan fingerprint density at radius 1 is 1.23 bits per heavy atom. The van der Waals surface area contributed by atoms with E-state index < -0.39 is 15.8 Å². The highest BCUT2D eigenvalue weighted by atomic mass is 35.5. The molecule has 0 radical (unpaired) electrons. The van der Waals surface area contributed by atoms with Gasteiger partial charge in [0.05, 0.1) is 22.2 Å². The van der Waals surface area contributed by atoms with Crippen LogP contribution in [0.4, 0.5) is 10.1 Å². The lowest BCUT2D eigenvalue weighted by Crippen LogP contribution is -2.43. The topological polar surface area (TPSA) is 57.7 Å². The number of carbonyl (C=O) groups excluding carboxylic acids is 1. The van der Waals surface area contributed by atoms with Crippen LogP contribution in [0.2, 0.25) is 5.02 Å². The van der Waals surface area contributed by atoms with Crippen LogP contribution in [0.15, 0.2) is 47.4 Å². The first-order valence-corrected chi connectivity index (χ1v) is 9.92. The highest BCUT2D eigenvalue weighted by Gasteiger charge is 2.29. The van der Waals surface area contributed by atoms with Crippen LogP contribution in [0.5, 0.6) is 0 Å². The molecule has 3 rings (SSSR count). The number of nitrogens with zero attached hydrogens (tertiary/aromatic N) is 2. The fourth-order valence-corrected chi connectivity index (χ4v) is 4.42. The summed E-state index contributed by atoms with van der Waals surface area (Å²) in [5.41, 5.74) is 1.62. The Morgan fingerprint density at radius 3 is 2.62 bits per heavy atom. The zero-order chi connectivity index (χ0) is 18.9. The van der Waals surface area contributed by atoms with Crippen LogP contribution in [0.3, 0.4) is 0 Å². The van der Waals surface area contributed by atoms with Crippen molar-refractivity contribution in [3.8, 4) is 0 Å². The smallest absolute Gasteiger partial charge is 0.243 e. The lowest BCUT2D eigenvalue weighted by Gasteiger charge is -2.31. The molecule has 1 amide bonds. The molecular formula is C18H18ClFN2O3S. The van der Waals surface area contributed by atoms with E-state index in [0.29, 0.717) is 17.3 Å². The first-order chi connectivity index (χ1) is 12.3. The zero-order valence-electron chi connectivity index (χ0n) is 14.2. The van der Waals surface area contributed by atoms with Crippen molar-refractivity contribution in [1.29, 1.82) is 0 Å². The average molecular weight is 397 g/mol. The second-order valence-electron chi connectivity index (χ2n) is 6.11. The van der Waals surface area contributed by atoms with Gasteiger partial charge in [0.1, 0.15) is 5.82 Å². The van der Waals surface area contributed by atoms with Crippen molar-refractivity contribution in [1.82, 2.24) is 4.31 Å². The predicted octanol–water partition coefficient (Wildman–Crippen LogP) is 3.08. The van der Waals surface area contributed by atoms with Gasteiger partial charge in [-0.3, -0.25) is 4.79 Å². The fourth-order valence-electron chi connectivity index (χ4n) is 3.00. The number of benzene rings is 2. The average Bonchev–Trinajstić information content (AvgIpc) is 2.61. The van der Waals surface area contributed by atoms with Gasteiger partial charge in [-0.2, -0.15) is 4.31 Å². The number of fused-ring (bicyclic) bond motifs is 1. The van der Waals surface area contributed by atoms with Crippen molar-refractivity contribution in [2.45, 2.75) is 17.7 Å². The second kappa shape index (κ2) is 7.34. The monoisotopic (exact) mass is 396 g/mol. The molecule has 0 atom stereocenters. The Balaban J connectivity index is 1.82. The van der Waals surface area contributed by atoms with Crippen molar-refractivity contribution in [2.24, 2.45) is 0 Å². The minimum absolute atomic E-state index is 0.0636. The molecule has 1 aliphatic heterocycles. The number of halogens is 2. The Labute approximate surface area is 157 Å². The third-order valence-corrected chi connectivity index (χ3v) is 6.47. The summed E-state index contributed by atoms with van der Waals surface area (Å²) in [7, 11) is -2.56. The van der Waals surface area contributed by atoms with Crippen molar-refractivity contribution in [2.75, 3.05) is 25.0 Å². The summed E-state index contributed by atoms with van der Waals surface area (Å²) >= 11 is 6.26. The molecule has 8 heteroatoms. The summed E-state index contributed by atoms with van der Waals surface area (Å²) in [6.07, 6.45) is 1.61. The van der Waals surface area contributed by atoms with Crippen LogP contribution in [-0.4, -0.2) is 38.8 Å². The van der Waals surface area contributed by atoms with E-state index >= 15 is 0 Å². The number of anilines is 1. The quantitative estimate of drug-likeness (QED) is 0.798. The van der Waals surface area contributed by atoms with E-state index in [9.17, 15) is 17.6 Å². The van der Waals surface area contributed by atoms with E-state index in [1.54, 1.807) is 6.07 Å². The van der Waals surface area contributed by atoms with Gasteiger partial charge in [0, 0.05) is 13.6 Å². The minimum atomic E-state index is -3.89. The molecule has 0 unspecified atom stereocenters. The lowest BCUT2D eigenvalue weighted by molar-refractivity contribution is -0.118. The predicted molar refractivity (Wildman–Crippen MR) is 98.3 cm³/mol.